The van der Waals surface area contributed by atoms with E-state index >= 15 is 0 Å². The number of carboxylic acids is 2. The quantitative estimate of drug-likeness (QED) is 0.0696. The molecule has 1 amide bonds. The number of unbranched alkanes of at least 4 members (excludes halogenated alkanes) is 2. The highest BCUT2D eigenvalue weighted by atomic mass is 32.2. The lowest BCUT2D eigenvalue weighted by Crippen LogP contribution is -2.31. The number of aliphatic hydroxyl groups is 1. The van der Waals surface area contributed by atoms with Gasteiger partial charge in [0, 0.05) is 42.0 Å². The van der Waals surface area contributed by atoms with E-state index in [9.17, 15) is 24.6 Å². The molecule has 256 valence electrons. The highest BCUT2D eigenvalue weighted by molar-refractivity contribution is 7.99. The Kier molecular flexibility index (Phi) is 13.0. The van der Waals surface area contributed by atoms with Crippen LogP contribution in [0.2, 0.25) is 0 Å². The maximum atomic E-state index is 12.4. The summed E-state index contributed by atoms with van der Waals surface area (Å²) in [5, 5.41) is 30.9. The zero-order valence-corrected chi connectivity index (χ0v) is 27.9. The monoisotopic (exact) mass is 683 g/mol. The van der Waals surface area contributed by atoms with Gasteiger partial charge in [-0.15, -0.1) is 11.8 Å². The van der Waals surface area contributed by atoms with Gasteiger partial charge >= 0.3 is 11.9 Å². The topological polar surface area (TPSA) is 142 Å². The molecule has 1 aliphatic heterocycles. The lowest BCUT2D eigenvalue weighted by Gasteiger charge is -2.36. The van der Waals surface area contributed by atoms with Crippen LogP contribution in [0.1, 0.15) is 83.5 Å². The average molecular weight is 684 g/mol. The predicted octanol–water partition coefficient (Wildman–Crippen LogP) is 7.53. The minimum absolute atomic E-state index is 0.0453. The molecule has 0 radical (unpaired) electrons. The van der Waals surface area contributed by atoms with Gasteiger partial charge < -0.3 is 30.1 Å². The van der Waals surface area contributed by atoms with Crippen LogP contribution in [-0.4, -0.2) is 45.0 Å². The molecule has 4 N–H and O–H groups in total. The summed E-state index contributed by atoms with van der Waals surface area (Å²) in [5.74, 6) is -1.31. The molecule has 9 nitrogen and oxygen atoms in total. The molecule has 49 heavy (non-hydrogen) atoms. The van der Waals surface area contributed by atoms with Gasteiger partial charge in [-0.05, 0) is 64.9 Å². The SMILES string of the molecule is O=C(O)CCCCCC(=O)NCc1cccc(-c2cccc(C3OC(CSc4ccccc4C(=O)O)CC(c4ccc(CO)cc4)O3)c2)c1. The standard InChI is InChI=1S/C39H41NO8S/c41-24-26-16-18-28(19-17-26)34-22-32(25-49-35-13-5-4-12-33(35)38(45)46)47-39(48-34)31-11-7-10-30(21-31)29-9-6-8-27(20-29)23-40-36(42)14-2-1-3-15-37(43)44/h4-13,16-21,32,34,39,41H,1-3,14-15,22-25H2,(H,40,42)(H,43,44)(H,45,46). The first-order valence-corrected chi connectivity index (χ1v) is 17.4. The summed E-state index contributed by atoms with van der Waals surface area (Å²) in [4.78, 5) is 35.5. The van der Waals surface area contributed by atoms with E-state index in [0.29, 0.717) is 49.3 Å². The Morgan fingerprint density at radius 2 is 1.49 bits per heavy atom. The van der Waals surface area contributed by atoms with Gasteiger partial charge in [-0.1, -0.05) is 79.2 Å². The van der Waals surface area contributed by atoms with E-state index in [1.165, 1.54) is 11.8 Å². The molecule has 3 atom stereocenters. The van der Waals surface area contributed by atoms with Crippen LogP contribution in [0.15, 0.2) is 102 Å². The minimum atomic E-state index is -0.969. The number of carbonyl (C=O) groups excluding carboxylic acids is 1. The van der Waals surface area contributed by atoms with Gasteiger partial charge in [0.1, 0.15) is 0 Å². The number of aliphatic carboxylic acids is 1. The minimum Gasteiger partial charge on any atom is -0.481 e. The van der Waals surface area contributed by atoms with Gasteiger partial charge in [0.2, 0.25) is 5.91 Å². The highest BCUT2D eigenvalue weighted by Gasteiger charge is 2.32. The summed E-state index contributed by atoms with van der Waals surface area (Å²) < 4.78 is 13.1. The normalized spacial score (nSPS) is 17.4. The third-order valence-corrected chi connectivity index (χ3v) is 9.57. The maximum absolute atomic E-state index is 12.4. The zero-order valence-electron chi connectivity index (χ0n) is 27.1. The van der Waals surface area contributed by atoms with Gasteiger partial charge in [-0.3, -0.25) is 9.59 Å². The number of benzene rings is 4. The number of rotatable bonds is 16. The lowest BCUT2D eigenvalue weighted by atomic mass is 9.99. The van der Waals surface area contributed by atoms with E-state index in [1.54, 1.807) is 12.1 Å². The summed E-state index contributed by atoms with van der Waals surface area (Å²) in [5.41, 5.74) is 5.78. The van der Waals surface area contributed by atoms with Crippen LogP contribution in [0.25, 0.3) is 11.1 Å². The average Bonchev–Trinajstić information content (AvgIpc) is 3.13. The van der Waals surface area contributed by atoms with Gasteiger partial charge in [-0.25, -0.2) is 4.79 Å². The van der Waals surface area contributed by atoms with E-state index in [2.05, 4.69) is 5.32 Å². The largest absolute Gasteiger partial charge is 0.481 e. The van der Waals surface area contributed by atoms with Gasteiger partial charge in [0.25, 0.3) is 0 Å². The second-order valence-corrected chi connectivity index (χ2v) is 13.1. The number of carboxylic acid groups (broad SMARTS) is 2. The third kappa shape index (κ3) is 10.5. The molecule has 0 saturated carbocycles. The number of hydrogen-bond acceptors (Lipinski definition) is 7. The Hall–Kier alpha value is -4.48. The smallest absolute Gasteiger partial charge is 0.336 e. The number of aromatic carboxylic acids is 1. The number of ether oxygens (including phenoxy) is 2. The van der Waals surface area contributed by atoms with Crippen molar-refractivity contribution >= 4 is 29.6 Å². The number of hydrogen-bond donors (Lipinski definition) is 4. The van der Waals surface area contributed by atoms with E-state index in [0.717, 1.165) is 33.4 Å². The zero-order chi connectivity index (χ0) is 34.6. The van der Waals surface area contributed by atoms with Crippen molar-refractivity contribution in [1.82, 2.24) is 5.32 Å². The predicted molar refractivity (Wildman–Crippen MR) is 187 cm³/mol. The van der Waals surface area contributed by atoms with Crippen LogP contribution < -0.4 is 5.32 Å². The van der Waals surface area contributed by atoms with E-state index in [4.69, 9.17) is 14.6 Å². The van der Waals surface area contributed by atoms with Gasteiger partial charge in [0.05, 0.1) is 24.4 Å². The van der Waals surface area contributed by atoms with Crippen molar-refractivity contribution in [1.29, 1.82) is 0 Å². The fraction of sp³-hybridized carbons (Fsp3) is 0.308. The molecule has 0 aliphatic carbocycles. The van der Waals surface area contributed by atoms with Crippen molar-refractivity contribution in [2.24, 2.45) is 0 Å². The fourth-order valence-electron chi connectivity index (χ4n) is 5.73. The summed E-state index contributed by atoms with van der Waals surface area (Å²) in [6.45, 7) is 0.341. The molecule has 0 bridgehead atoms. The first-order chi connectivity index (χ1) is 23.8. The van der Waals surface area contributed by atoms with Crippen LogP contribution in [0.4, 0.5) is 0 Å². The molecule has 1 saturated heterocycles. The third-order valence-electron chi connectivity index (χ3n) is 8.36. The molecule has 1 aliphatic rings. The first kappa shape index (κ1) is 35.8. The van der Waals surface area contributed by atoms with Crippen molar-refractivity contribution in [3.8, 4) is 11.1 Å². The number of amides is 1. The molecular formula is C39H41NO8S. The van der Waals surface area contributed by atoms with Crippen LogP contribution in [0, 0.1) is 0 Å². The van der Waals surface area contributed by atoms with Crippen molar-refractivity contribution < 1.29 is 39.2 Å². The number of aliphatic hydroxyl groups excluding tert-OH is 1. The number of nitrogens with one attached hydrogen (secondary N) is 1. The van der Waals surface area contributed by atoms with Crippen LogP contribution >= 0.6 is 11.8 Å². The number of thioether (sulfide) groups is 1. The molecule has 3 unspecified atom stereocenters. The molecule has 5 rings (SSSR count). The maximum Gasteiger partial charge on any atom is 0.336 e. The molecule has 4 aromatic carbocycles. The van der Waals surface area contributed by atoms with Crippen molar-refractivity contribution in [3.05, 3.63) is 125 Å². The Labute approximate surface area is 290 Å². The number of carbonyl (C=O) groups is 3. The van der Waals surface area contributed by atoms with E-state index < -0.39 is 18.2 Å². The Morgan fingerprint density at radius 3 is 2.24 bits per heavy atom. The molecule has 10 heteroatoms. The Bertz CT molecular complexity index is 1730. The summed E-state index contributed by atoms with van der Waals surface area (Å²) >= 11 is 1.45. The first-order valence-electron chi connectivity index (χ1n) is 16.4. The van der Waals surface area contributed by atoms with Gasteiger partial charge in [-0.2, -0.15) is 0 Å². The second-order valence-electron chi connectivity index (χ2n) is 12.0. The van der Waals surface area contributed by atoms with E-state index in [1.807, 2.05) is 84.9 Å². The molecule has 0 aromatic heterocycles. The van der Waals surface area contributed by atoms with Crippen LogP contribution in [0.5, 0.6) is 0 Å². The molecular weight excluding hydrogens is 642 g/mol. The highest BCUT2D eigenvalue weighted by Crippen LogP contribution is 2.40. The van der Waals surface area contributed by atoms with Crippen molar-refractivity contribution in [3.63, 3.8) is 0 Å². The Balaban J connectivity index is 1.28. The molecule has 1 fully saturated rings. The molecule has 4 aromatic rings. The lowest BCUT2D eigenvalue weighted by molar-refractivity contribution is -0.245. The van der Waals surface area contributed by atoms with Gasteiger partial charge in [0.15, 0.2) is 6.29 Å². The van der Waals surface area contributed by atoms with Crippen LogP contribution in [-0.2, 0) is 32.2 Å². The van der Waals surface area contributed by atoms with Crippen molar-refractivity contribution in [2.75, 3.05) is 5.75 Å². The fourth-order valence-corrected chi connectivity index (χ4v) is 6.79. The van der Waals surface area contributed by atoms with Crippen molar-refractivity contribution in [2.45, 2.75) is 75.1 Å². The Morgan fingerprint density at radius 1 is 0.755 bits per heavy atom. The summed E-state index contributed by atoms with van der Waals surface area (Å²) in [6, 6.07) is 30.6. The molecule has 1 heterocycles. The summed E-state index contributed by atoms with van der Waals surface area (Å²) in [7, 11) is 0. The summed E-state index contributed by atoms with van der Waals surface area (Å²) in [6.07, 6.45) is 1.80. The molecule has 0 spiro atoms. The second kappa shape index (κ2) is 17.8. The van der Waals surface area contributed by atoms with Crippen LogP contribution in [0.3, 0.4) is 0 Å². The van der Waals surface area contributed by atoms with E-state index in [-0.39, 0.29) is 36.7 Å².